The van der Waals surface area contributed by atoms with Crippen LogP contribution in [-0.2, 0) is 0 Å². The quantitative estimate of drug-likeness (QED) is 0.386. The molecule has 0 atom stereocenters. The Labute approximate surface area is 126 Å². The molecule has 2 rings (SSSR count). The Kier molecular flexibility index (Phi) is 4.29. The monoisotopic (exact) mass is 334 g/mol. The van der Waals surface area contributed by atoms with Crippen molar-refractivity contribution >= 4 is 21.8 Å². The Bertz CT molecular complexity index is 649. The highest BCUT2D eigenvalue weighted by atomic mass is 79.9. The summed E-state index contributed by atoms with van der Waals surface area (Å²) >= 11 is 3.38. The van der Waals surface area contributed by atoms with Gasteiger partial charge in [-0.3, -0.25) is 0 Å². The van der Waals surface area contributed by atoms with Gasteiger partial charge in [0.05, 0.1) is 0 Å². The molecular weight excluding hydrogens is 320 g/mol. The van der Waals surface area contributed by atoms with E-state index in [1.165, 1.54) is 0 Å². The van der Waals surface area contributed by atoms with Crippen LogP contribution in [0.2, 0.25) is 0 Å². The lowest BCUT2D eigenvalue weighted by atomic mass is 10.1. The second-order valence-electron chi connectivity index (χ2n) is 4.55. The van der Waals surface area contributed by atoms with E-state index in [4.69, 9.17) is 15.7 Å². The summed E-state index contributed by atoms with van der Waals surface area (Å²) < 4.78 is 6.52. The molecule has 4 nitrogen and oxygen atoms in total. The van der Waals surface area contributed by atoms with Gasteiger partial charge in [-0.05, 0) is 71.2 Å². The van der Waals surface area contributed by atoms with Crippen molar-refractivity contribution in [1.29, 1.82) is 0 Å². The van der Waals surface area contributed by atoms with Gasteiger partial charge in [-0.1, -0.05) is 11.2 Å². The van der Waals surface area contributed by atoms with E-state index in [-0.39, 0.29) is 5.84 Å². The Balaban J connectivity index is 2.28. The standard InChI is InChI=1S/C15H15BrN2O2/c1-9-5-10(2)7-12(6-9)20-11-3-4-13(14(16)8-11)15(17)18-19/h3-8,19H,1-2H3,(H2,17,18). The average molecular weight is 335 g/mol. The van der Waals surface area contributed by atoms with Crippen LogP contribution in [0.1, 0.15) is 16.7 Å². The fourth-order valence-corrected chi connectivity index (χ4v) is 2.51. The lowest BCUT2D eigenvalue weighted by Gasteiger charge is -2.10. The van der Waals surface area contributed by atoms with E-state index in [0.717, 1.165) is 16.9 Å². The van der Waals surface area contributed by atoms with Crippen LogP contribution in [-0.4, -0.2) is 11.0 Å². The maximum atomic E-state index is 8.69. The van der Waals surface area contributed by atoms with Crippen molar-refractivity contribution in [3.63, 3.8) is 0 Å². The highest BCUT2D eigenvalue weighted by Crippen LogP contribution is 2.28. The molecular formula is C15H15BrN2O2. The van der Waals surface area contributed by atoms with E-state index in [1.807, 2.05) is 26.0 Å². The first-order valence-electron chi connectivity index (χ1n) is 6.03. The van der Waals surface area contributed by atoms with Gasteiger partial charge in [-0.15, -0.1) is 0 Å². The smallest absolute Gasteiger partial charge is 0.171 e. The van der Waals surface area contributed by atoms with E-state index >= 15 is 0 Å². The van der Waals surface area contributed by atoms with Gasteiger partial charge in [0, 0.05) is 10.0 Å². The second-order valence-corrected chi connectivity index (χ2v) is 5.41. The summed E-state index contributed by atoms with van der Waals surface area (Å²) in [6, 6.07) is 11.3. The minimum Gasteiger partial charge on any atom is -0.457 e. The van der Waals surface area contributed by atoms with Gasteiger partial charge >= 0.3 is 0 Å². The molecule has 0 saturated heterocycles. The molecule has 2 aromatic carbocycles. The summed E-state index contributed by atoms with van der Waals surface area (Å²) in [7, 11) is 0. The largest absolute Gasteiger partial charge is 0.457 e. The van der Waals surface area contributed by atoms with Crippen LogP contribution in [0.3, 0.4) is 0 Å². The summed E-state index contributed by atoms with van der Waals surface area (Å²) in [6.07, 6.45) is 0. The molecule has 104 valence electrons. The number of amidine groups is 1. The number of hydrogen-bond donors (Lipinski definition) is 2. The van der Waals surface area contributed by atoms with Crippen molar-refractivity contribution in [2.75, 3.05) is 0 Å². The van der Waals surface area contributed by atoms with Gasteiger partial charge in [0.2, 0.25) is 0 Å². The van der Waals surface area contributed by atoms with Crippen LogP contribution in [0.25, 0.3) is 0 Å². The van der Waals surface area contributed by atoms with Crippen LogP contribution in [0.15, 0.2) is 46.0 Å². The zero-order chi connectivity index (χ0) is 14.7. The first-order valence-corrected chi connectivity index (χ1v) is 6.82. The molecule has 0 bridgehead atoms. The Morgan fingerprint density at radius 2 is 1.75 bits per heavy atom. The lowest BCUT2D eigenvalue weighted by molar-refractivity contribution is 0.318. The Morgan fingerprint density at radius 1 is 1.10 bits per heavy atom. The predicted molar refractivity (Wildman–Crippen MR) is 82.6 cm³/mol. The average Bonchev–Trinajstić information content (AvgIpc) is 2.36. The number of nitrogens with zero attached hydrogens (tertiary/aromatic N) is 1. The third kappa shape index (κ3) is 3.30. The fourth-order valence-electron chi connectivity index (χ4n) is 1.95. The topological polar surface area (TPSA) is 67.8 Å². The zero-order valence-corrected chi connectivity index (χ0v) is 12.8. The first-order chi connectivity index (χ1) is 9.49. The third-order valence-corrected chi connectivity index (χ3v) is 3.41. The van der Waals surface area contributed by atoms with Crippen molar-refractivity contribution in [1.82, 2.24) is 0 Å². The van der Waals surface area contributed by atoms with Crippen LogP contribution < -0.4 is 10.5 Å². The summed E-state index contributed by atoms with van der Waals surface area (Å²) in [6.45, 7) is 4.05. The van der Waals surface area contributed by atoms with Gasteiger partial charge in [0.25, 0.3) is 0 Å². The molecule has 0 fully saturated rings. The zero-order valence-electron chi connectivity index (χ0n) is 11.2. The Morgan fingerprint density at radius 3 is 2.30 bits per heavy atom. The van der Waals surface area contributed by atoms with Gasteiger partial charge in [0.15, 0.2) is 5.84 Å². The number of rotatable bonds is 3. The molecule has 0 aromatic heterocycles. The van der Waals surface area contributed by atoms with Crippen molar-refractivity contribution in [3.05, 3.63) is 57.6 Å². The highest BCUT2D eigenvalue weighted by Gasteiger charge is 2.07. The van der Waals surface area contributed by atoms with Crippen LogP contribution in [0, 0.1) is 13.8 Å². The van der Waals surface area contributed by atoms with Gasteiger partial charge in [0.1, 0.15) is 11.5 Å². The molecule has 0 aliphatic heterocycles. The lowest BCUT2D eigenvalue weighted by Crippen LogP contribution is -2.13. The second kappa shape index (κ2) is 5.96. The van der Waals surface area contributed by atoms with E-state index in [9.17, 15) is 0 Å². The van der Waals surface area contributed by atoms with E-state index in [1.54, 1.807) is 18.2 Å². The van der Waals surface area contributed by atoms with Gasteiger partial charge in [-0.25, -0.2) is 0 Å². The number of aryl methyl sites for hydroxylation is 2. The minimum absolute atomic E-state index is 0.0508. The number of benzene rings is 2. The SMILES string of the molecule is Cc1cc(C)cc(Oc2ccc(/C(N)=N/O)c(Br)c2)c1. The number of ether oxygens (including phenoxy) is 1. The molecule has 0 saturated carbocycles. The van der Waals surface area contributed by atoms with Gasteiger partial charge < -0.3 is 15.7 Å². The third-order valence-electron chi connectivity index (χ3n) is 2.76. The fraction of sp³-hybridized carbons (Fsp3) is 0.133. The number of oxime groups is 1. The normalized spacial score (nSPS) is 11.4. The summed E-state index contributed by atoms with van der Waals surface area (Å²) in [4.78, 5) is 0. The molecule has 0 spiro atoms. The van der Waals surface area contributed by atoms with Crippen LogP contribution in [0.4, 0.5) is 0 Å². The molecule has 0 unspecified atom stereocenters. The van der Waals surface area contributed by atoms with Crippen molar-refractivity contribution in [2.24, 2.45) is 10.9 Å². The predicted octanol–water partition coefficient (Wildman–Crippen LogP) is 3.95. The van der Waals surface area contributed by atoms with E-state index < -0.39 is 0 Å². The van der Waals surface area contributed by atoms with Gasteiger partial charge in [-0.2, -0.15) is 0 Å². The van der Waals surface area contributed by atoms with E-state index in [0.29, 0.717) is 15.8 Å². The molecule has 0 heterocycles. The highest BCUT2D eigenvalue weighted by molar-refractivity contribution is 9.10. The number of nitrogens with two attached hydrogens (primary N) is 1. The summed E-state index contributed by atoms with van der Waals surface area (Å²) in [5, 5.41) is 11.7. The molecule has 5 heteroatoms. The maximum Gasteiger partial charge on any atom is 0.171 e. The molecule has 0 amide bonds. The molecule has 0 aliphatic rings. The van der Waals surface area contributed by atoms with Crippen LogP contribution in [0.5, 0.6) is 11.5 Å². The maximum absolute atomic E-state index is 8.69. The molecule has 20 heavy (non-hydrogen) atoms. The molecule has 0 radical (unpaired) electrons. The van der Waals surface area contributed by atoms with Crippen molar-refractivity contribution in [2.45, 2.75) is 13.8 Å². The van der Waals surface area contributed by atoms with Crippen LogP contribution >= 0.6 is 15.9 Å². The Hall–Kier alpha value is -2.01. The minimum atomic E-state index is 0.0508. The number of hydrogen-bond acceptors (Lipinski definition) is 3. The number of halogens is 1. The molecule has 0 aliphatic carbocycles. The van der Waals surface area contributed by atoms with Crippen molar-refractivity contribution < 1.29 is 9.94 Å². The van der Waals surface area contributed by atoms with Crippen molar-refractivity contribution in [3.8, 4) is 11.5 Å². The molecule has 3 N–H and O–H groups in total. The summed E-state index contributed by atoms with van der Waals surface area (Å²) in [5.41, 5.74) is 8.47. The van der Waals surface area contributed by atoms with E-state index in [2.05, 4.69) is 27.2 Å². The first kappa shape index (κ1) is 14.4. The molecule has 2 aromatic rings. The summed E-state index contributed by atoms with van der Waals surface area (Å²) in [5.74, 6) is 1.51.